The molecule has 1 heteroatoms. The van der Waals surface area contributed by atoms with Gasteiger partial charge in [-0.3, -0.25) is 0 Å². The number of allylic oxidation sites excluding steroid dienone is 1. The van der Waals surface area contributed by atoms with E-state index in [0.29, 0.717) is 0 Å². The van der Waals surface area contributed by atoms with Crippen LogP contribution in [0.2, 0.25) is 0 Å². The molecule has 1 saturated heterocycles. The fraction of sp³-hybridized carbons (Fsp3) is 0.895. The Bertz CT molecular complexity index is 281. The standard InChI is InChI=1S/C19H34S/c1-2-3-4-5-6-7-8-9-10-12-17-15-18-13-11-14-19(16-17)20-18/h15,18-19H,2-14,16H2,1H3. The van der Waals surface area contributed by atoms with Gasteiger partial charge in [-0.25, -0.2) is 0 Å². The summed E-state index contributed by atoms with van der Waals surface area (Å²) in [5.41, 5.74) is 1.81. The van der Waals surface area contributed by atoms with Crippen LogP contribution in [-0.4, -0.2) is 10.5 Å². The Kier molecular flexibility index (Phi) is 8.17. The highest BCUT2D eigenvalue weighted by atomic mass is 32.2. The Morgan fingerprint density at radius 2 is 1.65 bits per heavy atom. The Morgan fingerprint density at radius 3 is 2.35 bits per heavy atom. The zero-order valence-corrected chi connectivity index (χ0v) is 14.4. The van der Waals surface area contributed by atoms with Gasteiger partial charge in [0.15, 0.2) is 0 Å². The number of rotatable bonds is 10. The SMILES string of the molecule is CCCCCCCCCCCC1=CC2CCCC(C1)S2. The molecule has 0 amide bonds. The van der Waals surface area contributed by atoms with E-state index < -0.39 is 0 Å². The van der Waals surface area contributed by atoms with Crippen molar-refractivity contribution in [3.8, 4) is 0 Å². The van der Waals surface area contributed by atoms with Crippen LogP contribution in [0.3, 0.4) is 0 Å². The minimum absolute atomic E-state index is 0.885. The smallest absolute Gasteiger partial charge is 0.0232 e. The van der Waals surface area contributed by atoms with E-state index in [4.69, 9.17) is 0 Å². The minimum Gasteiger partial charge on any atom is -0.151 e. The van der Waals surface area contributed by atoms with Crippen molar-refractivity contribution < 1.29 is 0 Å². The first-order valence-corrected chi connectivity index (χ1v) is 10.2. The van der Waals surface area contributed by atoms with Crippen molar-refractivity contribution in [2.75, 3.05) is 0 Å². The Balaban J connectivity index is 1.46. The van der Waals surface area contributed by atoms with Gasteiger partial charge in [0, 0.05) is 10.5 Å². The summed E-state index contributed by atoms with van der Waals surface area (Å²) in [6.45, 7) is 2.30. The maximum absolute atomic E-state index is 2.63. The summed E-state index contributed by atoms with van der Waals surface area (Å²) in [5, 5.41) is 1.86. The van der Waals surface area contributed by atoms with E-state index in [-0.39, 0.29) is 0 Å². The van der Waals surface area contributed by atoms with Gasteiger partial charge in [0.25, 0.3) is 0 Å². The molecular formula is C19H34S. The van der Waals surface area contributed by atoms with Crippen molar-refractivity contribution in [1.82, 2.24) is 0 Å². The molecule has 0 aliphatic carbocycles. The van der Waals surface area contributed by atoms with Gasteiger partial charge in [0.2, 0.25) is 0 Å². The Hall–Kier alpha value is 0.0900. The van der Waals surface area contributed by atoms with Crippen LogP contribution in [0.1, 0.15) is 96.8 Å². The van der Waals surface area contributed by atoms with Crippen molar-refractivity contribution in [1.29, 1.82) is 0 Å². The van der Waals surface area contributed by atoms with Crippen LogP contribution >= 0.6 is 11.8 Å². The van der Waals surface area contributed by atoms with Gasteiger partial charge in [0.1, 0.15) is 0 Å². The van der Waals surface area contributed by atoms with Gasteiger partial charge in [-0.2, -0.15) is 11.8 Å². The van der Waals surface area contributed by atoms with E-state index in [1.165, 1.54) is 89.9 Å². The van der Waals surface area contributed by atoms with Gasteiger partial charge < -0.3 is 0 Å². The molecule has 20 heavy (non-hydrogen) atoms. The highest BCUT2D eigenvalue weighted by molar-refractivity contribution is 8.00. The van der Waals surface area contributed by atoms with Crippen LogP contribution in [0.5, 0.6) is 0 Å². The fourth-order valence-corrected chi connectivity index (χ4v) is 5.36. The third kappa shape index (κ3) is 6.24. The van der Waals surface area contributed by atoms with E-state index in [1.807, 2.05) is 0 Å². The average molecular weight is 295 g/mol. The van der Waals surface area contributed by atoms with Crippen molar-refractivity contribution >= 4 is 11.8 Å². The molecule has 2 unspecified atom stereocenters. The van der Waals surface area contributed by atoms with Crippen LogP contribution in [-0.2, 0) is 0 Å². The lowest BCUT2D eigenvalue weighted by molar-refractivity contribution is 0.555. The lowest BCUT2D eigenvalue weighted by atomic mass is 9.94. The quantitative estimate of drug-likeness (QED) is 0.312. The Labute approximate surface area is 131 Å². The van der Waals surface area contributed by atoms with Gasteiger partial charge in [0.05, 0.1) is 0 Å². The van der Waals surface area contributed by atoms with Crippen LogP contribution in [0.15, 0.2) is 11.6 Å². The fourth-order valence-electron chi connectivity index (χ4n) is 3.67. The summed E-state index contributed by atoms with van der Waals surface area (Å²) in [4.78, 5) is 0. The van der Waals surface area contributed by atoms with Gasteiger partial charge in [-0.1, -0.05) is 76.4 Å². The number of unbranched alkanes of at least 4 members (excludes halogenated alkanes) is 8. The molecule has 0 spiro atoms. The van der Waals surface area contributed by atoms with Crippen LogP contribution in [0, 0.1) is 0 Å². The summed E-state index contributed by atoms with van der Waals surface area (Å²) >= 11 is 2.26. The number of hydrogen-bond donors (Lipinski definition) is 0. The molecule has 2 aliphatic rings. The number of thioether (sulfide) groups is 1. The molecule has 0 aromatic carbocycles. The highest BCUT2D eigenvalue weighted by Gasteiger charge is 2.26. The molecule has 0 saturated carbocycles. The lowest BCUT2D eigenvalue weighted by Crippen LogP contribution is -2.21. The lowest BCUT2D eigenvalue weighted by Gasteiger charge is -2.33. The highest BCUT2D eigenvalue weighted by Crippen LogP contribution is 2.41. The van der Waals surface area contributed by atoms with Crippen LogP contribution < -0.4 is 0 Å². The monoisotopic (exact) mass is 294 g/mol. The largest absolute Gasteiger partial charge is 0.151 e. The molecule has 2 aliphatic heterocycles. The molecule has 2 bridgehead atoms. The second kappa shape index (κ2) is 9.92. The summed E-state index contributed by atoms with van der Waals surface area (Å²) in [7, 11) is 0. The molecule has 2 atom stereocenters. The molecule has 2 heterocycles. The third-order valence-electron chi connectivity index (χ3n) is 4.89. The normalized spacial score (nSPS) is 25.6. The van der Waals surface area contributed by atoms with Gasteiger partial charge in [-0.05, 0) is 32.1 Å². The predicted octanol–water partition coefficient (Wildman–Crippen LogP) is 6.89. The van der Waals surface area contributed by atoms with Crippen LogP contribution in [0.4, 0.5) is 0 Å². The van der Waals surface area contributed by atoms with Gasteiger partial charge >= 0.3 is 0 Å². The average Bonchev–Trinajstić information content (AvgIpc) is 2.45. The maximum atomic E-state index is 2.63. The summed E-state index contributed by atoms with van der Waals surface area (Å²) in [5.74, 6) is 0. The topological polar surface area (TPSA) is 0 Å². The van der Waals surface area contributed by atoms with Crippen molar-refractivity contribution in [2.45, 2.75) is 107 Å². The third-order valence-corrected chi connectivity index (χ3v) is 6.40. The first-order chi connectivity index (χ1) is 9.88. The first-order valence-electron chi connectivity index (χ1n) is 9.23. The maximum Gasteiger partial charge on any atom is 0.0232 e. The summed E-state index contributed by atoms with van der Waals surface area (Å²) < 4.78 is 0. The van der Waals surface area contributed by atoms with E-state index >= 15 is 0 Å². The van der Waals surface area contributed by atoms with Gasteiger partial charge in [-0.15, -0.1) is 0 Å². The second-order valence-electron chi connectivity index (χ2n) is 6.83. The van der Waals surface area contributed by atoms with Crippen molar-refractivity contribution in [3.63, 3.8) is 0 Å². The molecule has 0 radical (unpaired) electrons. The molecule has 2 rings (SSSR count). The first kappa shape index (κ1) is 16.5. The van der Waals surface area contributed by atoms with Crippen molar-refractivity contribution in [2.24, 2.45) is 0 Å². The number of hydrogen-bond acceptors (Lipinski definition) is 1. The van der Waals surface area contributed by atoms with Crippen LogP contribution in [0.25, 0.3) is 0 Å². The summed E-state index contributed by atoms with van der Waals surface area (Å²) in [6, 6.07) is 0. The molecule has 0 aromatic rings. The molecule has 1 fully saturated rings. The van der Waals surface area contributed by atoms with E-state index in [2.05, 4.69) is 24.8 Å². The zero-order chi connectivity index (χ0) is 14.0. The second-order valence-corrected chi connectivity index (χ2v) is 8.38. The Morgan fingerprint density at radius 1 is 0.950 bits per heavy atom. The molecular weight excluding hydrogens is 260 g/mol. The van der Waals surface area contributed by atoms with Crippen molar-refractivity contribution in [3.05, 3.63) is 11.6 Å². The molecule has 116 valence electrons. The van der Waals surface area contributed by atoms with E-state index in [9.17, 15) is 0 Å². The molecule has 0 nitrogen and oxygen atoms in total. The number of fused-ring (bicyclic) bond motifs is 2. The molecule has 0 N–H and O–H groups in total. The zero-order valence-electron chi connectivity index (χ0n) is 13.5. The summed E-state index contributed by atoms with van der Waals surface area (Å²) in [6.07, 6.45) is 22.9. The molecule has 0 aromatic heterocycles. The van der Waals surface area contributed by atoms with E-state index in [1.54, 1.807) is 5.57 Å². The van der Waals surface area contributed by atoms with E-state index in [0.717, 1.165) is 10.5 Å². The predicted molar refractivity (Wildman–Crippen MR) is 93.6 cm³/mol. The minimum atomic E-state index is 0.885.